The largest absolute Gasteiger partial charge is 0.287 e. The number of benzene rings is 1. The van der Waals surface area contributed by atoms with Crippen LogP contribution in [0.3, 0.4) is 0 Å². The van der Waals surface area contributed by atoms with Gasteiger partial charge < -0.3 is 0 Å². The lowest BCUT2D eigenvalue weighted by atomic mass is 10.1. The van der Waals surface area contributed by atoms with Crippen molar-refractivity contribution < 1.29 is 0 Å². The predicted octanol–water partition coefficient (Wildman–Crippen LogP) is 4.78. The first kappa shape index (κ1) is 16.1. The highest BCUT2D eigenvalue weighted by Gasteiger charge is 2.46. The molecule has 1 aromatic rings. The van der Waals surface area contributed by atoms with Crippen molar-refractivity contribution in [2.75, 3.05) is 13.1 Å². The average Bonchev–Trinajstić information content (AvgIpc) is 3.28. The fourth-order valence-electron chi connectivity index (χ4n) is 2.70. The molecule has 1 fully saturated rings. The minimum Gasteiger partial charge on any atom is -0.287 e. The lowest BCUT2D eigenvalue weighted by Crippen LogP contribution is -2.38. The van der Waals surface area contributed by atoms with Gasteiger partial charge in [0.2, 0.25) is 0 Å². The summed E-state index contributed by atoms with van der Waals surface area (Å²) in [5.74, 6) is 7.02. The number of hydrogen-bond donors (Lipinski definition) is 0. The van der Waals surface area contributed by atoms with Crippen molar-refractivity contribution in [2.24, 2.45) is 0 Å². The Balaban J connectivity index is 2.06. The SMILES string of the molecule is CCCCN(CCCC)C1(C#Cc2ccc(C)cc2)CC1. The Morgan fingerprint density at radius 2 is 1.57 bits per heavy atom. The molecule has 1 nitrogen and oxygen atoms in total. The Labute approximate surface area is 130 Å². The van der Waals surface area contributed by atoms with Crippen LogP contribution in [0.25, 0.3) is 0 Å². The van der Waals surface area contributed by atoms with Gasteiger partial charge in [-0.3, -0.25) is 4.90 Å². The monoisotopic (exact) mass is 283 g/mol. The van der Waals surface area contributed by atoms with Gasteiger partial charge in [0, 0.05) is 5.56 Å². The molecule has 0 aromatic heterocycles. The van der Waals surface area contributed by atoms with Crippen molar-refractivity contribution in [2.45, 2.75) is 64.8 Å². The first-order valence-electron chi connectivity index (χ1n) is 8.55. The van der Waals surface area contributed by atoms with Gasteiger partial charge in [0.25, 0.3) is 0 Å². The van der Waals surface area contributed by atoms with E-state index >= 15 is 0 Å². The Bertz CT molecular complexity index is 477. The quantitative estimate of drug-likeness (QED) is 0.651. The van der Waals surface area contributed by atoms with E-state index in [1.54, 1.807) is 0 Å². The standard InChI is InChI=1S/C20H29N/c1-4-6-16-21(17-7-5-2)20(14-15-20)13-12-19-10-8-18(3)9-11-19/h8-11H,4-7,14-17H2,1-3H3. The molecule has 2 rings (SSSR count). The highest BCUT2D eigenvalue weighted by molar-refractivity contribution is 5.40. The van der Waals surface area contributed by atoms with Gasteiger partial charge >= 0.3 is 0 Å². The molecule has 21 heavy (non-hydrogen) atoms. The van der Waals surface area contributed by atoms with Gasteiger partial charge in [-0.2, -0.15) is 0 Å². The van der Waals surface area contributed by atoms with Crippen LogP contribution in [0.4, 0.5) is 0 Å². The van der Waals surface area contributed by atoms with Crippen molar-refractivity contribution in [3.05, 3.63) is 35.4 Å². The van der Waals surface area contributed by atoms with Crippen LogP contribution in [0, 0.1) is 18.8 Å². The topological polar surface area (TPSA) is 3.24 Å². The van der Waals surface area contributed by atoms with E-state index < -0.39 is 0 Å². The van der Waals surface area contributed by atoms with Crippen LogP contribution in [-0.4, -0.2) is 23.5 Å². The summed E-state index contributed by atoms with van der Waals surface area (Å²) in [5, 5.41) is 0. The summed E-state index contributed by atoms with van der Waals surface area (Å²) in [6.07, 6.45) is 7.61. The second-order valence-electron chi connectivity index (χ2n) is 6.34. The molecule has 0 saturated heterocycles. The maximum absolute atomic E-state index is 3.60. The van der Waals surface area contributed by atoms with Gasteiger partial charge in [-0.25, -0.2) is 0 Å². The Kier molecular flexibility index (Phi) is 5.88. The first-order valence-corrected chi connectivity index (χ1v) is 8.55. The second-order valence-corrected chi connectivity index (χ2v) is 6.34. The van der Waals surface area contributed by atoms with Crippen LogP contribution in [0.1, 0.15) is 63.5 Å². The van der Waals surface area contributed by atoms with Crippen molar-refractivity contribution in [1.29, 1.82) is 0 Å². The lowest BCUT2D eigenvalue weighted by Gasteiger charge is -2.28. The zero-order valence-corrected chi connectivity index (χ0v) is 13.9. The fraction of sp³-hybridized carbons (Fsp3) is 0.600. The van der Waals surface area contributed by atoms with E-state index in [4.69, 9.17) is 0 Å². The van der Waals surface area contributed by atoms with E-state index in [2.05, 4.69) is 61.8 Å². The van der Waals surface area contributed by atoms with Gasteiger partial charge in [-0.05, 0) is 57.8 Å². The first-order chi connectivity index (χ1) is 10.2. The van der Waals surface area contributed by atoms with Gasteiger partial charge in [0.1, 0.15) is 0 Å². The third-order valence-corrected chi connectivity index (χ3v) is 4.38. The van der Waals surface area contributed by atoms with E-state index in [9.17, 15) is 0 Å². The summed E-state index contributed by atoms with van der Waals surface area (Å²) in [5.41, 5.74) is 2.64. The fourth-order valence-corrected chi connectivity index (χ4v) is 2.70. The summed E-state index contributed by atoms with van der Waals surface area (Å²) in [6.45, 7) is 9.08. The number of rotatable bonds is 7. The number of hydrogen-bond acceptors (Lipinski definition) is 1. The van der Waals surface area contributed by atoms with Crippen molar-refractivity contribution >= 4 is 0 Å². The smallest absolute Gasteiger partial charge is 0.0831 e. The third-order valence-electron chi connectivity index (χ3n) is 4.38. The van der Waals surface area contributed by atoms with E-state index in [0.29, 0.717) is 0 Å². The molecule has 0 unspecified atom stereocenters. The van der Waals surface area contributed by atoms with Crippen molar-refractivity contribution in [3.8, 4) is 11.8 Å². The Hall–Kier alpha value is -1.26. The maximum Gasteiger partial charge on any atom is 0.0831 e. The summed E-state index contributed by atoms with van der Waals surface area (Å²) >= 11 is 0. The van der Waals surface area contributed by atoms with E-state index in [-0.39, 0.29) is 5.54 Å². The van der Waals surface area contributed by atoms with Crippen LogP contribution >= 0.6 is 0 Å². The second kappa shape index (κ2) is 7.66. The summed E-state index contributed by atoms with van der Waals surface area (Å²) < 4.78 is 0. The number of nitrogens with zero attached hydrogens (tertiary/aromatic N) is 1. The zero-order valence-electron chi connectivity index (χ0n) is 13.9. The van der Waals surface area contributed by atoms with E-state index in [1.165, 1.54) is 57.2 Å². The molecule has 1 aromatic carbocycles. The summed E-state index contributed by atoms with van der Waals surface area (Å²) in [4.78, 5) is 2.65. The molecule has 0 aliphatic heterocycles. The van der Waals surface area contributed by atoms with Crippen molar-refractivity contribution in [1.82, 2.24) is 4.90 Å². The molecule has 0 heterocycles. The molecule has 0 spiro atoms. The molecule has 1 aliphatic carbocycles. The Morgan fingerprint density at radius 3 is 2.05 bits per heavy atom. The molecular weight excluding hydrogens is 254 g/mol. The van der Waals surface area contributed by atoms with Crippen LogP contribution in [0.15, 0.2) is 24.3 Å². The normalized spacial score (nSPS) is 15.6. The minimum absolute atomic E-state index is 0.190. The predicted molar refractivity (Wildman–Crippen MR) is 91.4 cm³/mol. The van der Waals surface area contributed by atoms with Gasteiger partial charge in [0.15, 0.2) is 0 Å². The molecule has 0 bridgehead atoms. The van der Waals surface area contributed by atoms with Gasteiger partial charge in [0.05, 0.1) is 5.54 Å². The molecule has 114 valence electrons. The molecule has 0 N–H and O–H groups in total. The highest BCUT2D eigenvalue weighted by atomic mass is 15.2. The van der Waals surface area contributed by atoms with E-state index in [1.807, 2.05) is 0 Å². The van der Waals surface area contributed by atoms with Crippen molar-refractivity contribution in [3.63, 3.8) is 0 Å². The molecule has 1 saturated carbocycles. The number of unbranched alkanes of at least 4 members (excludes halogenated alkanes) is 2. The van der Waals surface area contributed by atoms with Gasteiger partial charge in [-0.1, -0.05) is 56.2 Å². The molecule has 0 amide bonds. The average molecular weight is 283 g/mol. The zero-order chi connectivity index (χ0) is 15.1. The van der Waals surface area contributed by atoms with Gasteiger partial charge in [-0.15, -0.1) is 0 Å². The summed E-state index contributed by atoms with van der Waals surface area (Å²) in [7, 11) is 0. The highest BCUT2D eigenvalue weighted by Crippen LogP contribution is 2.41. The molecule has 1 aliphatic rings. The summed E-state index contributed by atoms with van der Waals surface area (Å²) in [6, 6.07) is 8.58. The van der Waals surface area contributed by atoms with Crippen LogP contribution < -0.4 is 0 Å². The third kappa shape index (κ3) is 4.61. The minimum atomic E-state index is 0.190. The molecular formula is C20H29N. The number of aryl methyl sites for hydroxylation is 1. The molecule has 0 radical (unpaired) electrons. The van der Waals surface area contributed by atoms with Crippen LogP contribution in [-0.2, 0) is 0 Å². The Morgan fingerprint density at radius 1 is 1.00 bits per heavy atom. The molecule has 1 heteroatoms. The van der Waals surface area contributed by atoms with E-state index in [0.717, 1.165) is 5.56 Å². The molecule has 0 atom stereocenters. The van der Waals surface area contributed by atoms with Crippen LogP contribution in [0.2, 0.25) is 0 Å². The lowest BCUT2D eigenvalue weighted by molar-refractivity contribution is 0.213. The van der Waals surface area contributed by atoms with Crippen LogP contribution in [0.5, 0.6) is 0 Å². The maximum atomic E-state index is 3.60.